The van der Waals surface area contributed by atoms with Crippen molar-refractivity contribution in [3.63, 3.8) is 0 Å². The zero-order chi connectivity index (χ0) is 13.9. The quantitative estimate of drug-likeness (QED) is 0.783. The third-order valence-electron chi connectivity index (χ3n) is 2.66. The maximum atomic E-state index is 11.7. The van der Waals surface area contributed by atoms with Crippen LogP contribution in [0.1, 0.15) is 20.8 Å². The lowest BCUT2D eigenvalue weighted by Gasteiger charge is -2.29. The van der Waals surface area contributed by atoms with Crippen LogP contribution in [0.15, 0.2) is 24.3 Å². The summed E-state index contributed by atoms with van der Waals surface area (Å²) < 4.78 is 5.21. The van der Waals surface area contributed by atoms with Gasteiger partial charge in [-0.2, -0.15) is 0 Å². The molecule has 0 aromatic heterocycles. The molecular formula is C14H21N3O2. The molecule has 0 bridgehead atoms. The van der Waals surface area contributed by atoms with Gasteiger partial charge >= 0.3 is 6.09 Å². The number of anilines is 2. The van der Waals surface area contributed by atoms with Gasteiger partial charge in [-0.15, -0.1) is 0 Å². The predicted octanol–water partition coefficient (Wildman–Crippen LogP) is 2.42. The van der Waals surface area contributed by atoms with Gasteiger partial charge in [0.1, 0.15) is 5.60 Å². The number of carbonyl (C=O) groups excluding carboxylic acids is 1. The Balaban J connectivity index is 1.92. The minimum absolute atomic E-state index is 0.435. The van der Waals surface area contributed by atoms with E-state index in [1.165, 1.54) is 0 Å². The highest BCUT2D eigenvalue weighted by molar-refractivity contribution is 5.85. The molecule has 0 aliphatic carbocycles. The Morgan fingerprint density at radius 3 is 2.58 bits per heavy atom. The van der Waals surface area contributed by atoms with E-state index in [0.29, 0.717) is 6.04 Å². The van der Waals surface area contributed by atoms with Crippen molar-refractivity contribution in [3.8, 4) is 0 Å². The van der Waals surface area contributed by atoms with Crippen LogP contribution in [0.2, 0.25) is 0 Å². The summed E-state index contributed by atoms with van der Waals surface area (Å²) in [4.78, 5) is 11.7. The first kappa shape index (κ1) is 13.7. The fourth-order valence-corrected chi connectivity index (χ4v) is 1.73. The second-order valence-electron chi connectivity index (χ2n) is 5.71. The van der Waals surface area contributed by atoms with Crippen LogP contribution in [0.25, 0.3) is 0 Å². The molecule has 1 aromatic rings. The molecule has 3 N–H and O–H groups in total. The first-order chi connectivity index (χ1) is 8.92. The number of hydrogen-bond acceptors (Lipinski definition) is 4. The Morgan fingerprint density at radius 2 is 2.00 bits per heavy atom. The highest BCUT2D eigenvalue weighted by Crippen LogP contribution is 2.18. The Bertz CT molecular complexity index is 450. The maximum Gasteiger partial charge on any atom is 0.412 e. The molecule has 2 rings (SSSR count). The molecule has 1 aliphatic rings. The van der Waals surface area contributed by atoms with Gasteiger partial charge in [-0.1, -0.05) is 6.07 Å². The molecule has 0 atom stereocenters. The molecule has 19 heavy (non-hydrogen) atoms. The predicted molar refractivity (Wildman–Crippen MR) is 76.6 cm³/mol. The topological polar surface area (TPSA) is 62.4 Å². The molecule has 1 heterocycles. The molecule has 5 nitrogen and oxygen atoms in total. The second kappa shape index (κ2) is 5.48. The summed E-state index contributed by atoms with van der Waals surface area (Å²) in [5, 5.41) is 9.32. The van der Waals surface area contributed by atoms with E-state index in [-0.39, 0.29) is 0 Å². The number of carbonyl (C=O) groups is 1. The number of ether oxygens (including phenoxy) is 1. The average Bonchev–Trinajstić information content (AvgIpc) is 2.21. The van der Waals surface area contributed by atoms with Crippen molar-refractivity contribution >= 4 is 17.5 Å². The monoisotopic (exact) mass is 263 g/mol. The van der Waals surface area contributed by atoms with Crippen LogP contribution in [0.5, 0.6) is 0 Å². The van der Waals surface area contributed by atoms with Crippen LogP contribution in [0.3, 0.4) is 0 Å². The van der Waals surface area contributed by atoms with E-state index in [1.807, 2.05) is 45.0 Å². The van der Waals surface area contributed by atoms with Crippen LogP contribution in [-0.2, 0) is 4.74 Å². The first-order valence-electron chi connectivity index (χ1n) is 6.50. The number of amides is 1. The Kier molecular flexibility index (Phi) is 3.95. The van der Waals surface area contributed by atoms with Crippen molar-refractivity contribution in [2.24, 2.45) is 0 Å². The van der Waals surface area contributed by atoms with Crippen LogP contribution in [0.4, 0.5) is 16.2 Å². The van der Waals surface area contributed by atoms with Gasteiger partial charge in [0.15, 0.2) is 0 Å². The second-order valence-corrected chi connectivity index (χ2v) is 5.71. The molecule has 1 aliphatic heterocycles. The van der Waals surface area contributed by atoms with Crippen molar-refractivity contribution in [1.29, 1.82) is 0 Å². The Hall–Kier alpha value is -1.75. The van der Waals surface area contributed by atoms with E-state index in [0.717, 1.165) is 24.5 Å². The molecule has 0 radical (unpaired) electrons. The first-order valence-corrected chi connectivity index (χ1v) is 6.50. The van der Waals surface area contributed by atoms with Crippen molar-refractivity contribution in [2.75, 3.05) is 23.7 Å². The van der Waals surface area contributed by atoms with Crippen molar-refractivity contribution in [1.82, 2.24) is 5.32 Å². The van der Waals surface area contributed by atoms with Gasteiger partial charge in [-0.3, -0.25) is 5.32 Å². The molecule has 1 fully saturated rings. The molecule has 1 aromatic carbocycles. The summed E-state index contributed by atoms with van der Waals surface area (Å²) in [6, 6.07) is 8.10. The van der Waals surface area contributed by atoms with Crippen LogP contribution in [0, 0.1) is 0 Å². The van der Waals surface area contributed by atoms with E-state index in [9.17, 15) is 4.79 Å². The summed E-state index contributed by atoms with van der Waals surface area (Å²) in [6.45, 7) is 7.48. The van der Waals surface area contributed by atoms with Gasteiger partial charge < -0.3 is 15.4 Å². The van der Waals surface area contributed by atoms with Gasteiger partial charge in [0.2, 0.25) is 0 Å². The zero-order valence-electron chi connectivity index (χ0n) is 11.6. The minimum Gasteiger partial charge on any atom is -0.444 e. The van der Waals surface area contributed by atoms with E-state index in [4.69, 9.17) is 4.74 Å². The summed E-state index contributed by atoms with van der Waals surface area (Å²) in [6.07, 6.45) is -0.435. The molecule has 0 saturated carbocycles. The normalized spacial score (nSPS) is 15.5. The van der Waals surface area contributed by atoms with E-state index in [2.05, 4.69) is 16.0 Å². The highest BCUT2D eigenvalue weighted by Gasteiger charge is 2.17. The molecule has 5 heteroatoms. The fraction of sp³-hybridized carbons (Fsp3) is 0.500. The maximum absolute atomic E-state index is 11.7. The van der Waals surface area contributed by atoms with Crippen molar-refractivity contribution in [3.05, 3.63) is 24.3 Å². The Labute approximate surface area is 113 Å². The molecular weight excluding hydrogens is 242 g/mol. The third kappa shape index (κ3) is 4.44. The number of rotatable bonds is 3. The van der Waals surface area contributed by atoms with Gasteiger partial charge in [0.05, 0.1) is 6.04 Å². The van der Waals surface area contributed by atoms with E-state index < -0.39 is 11.7 Å². The standard InChI is InChI=1S/C14H21N3O2/c1-14(2,3)19-13(18)17-11-6-4-5-10(7-11)16-12-8-15-9-12/h4-7,12,15-16H,8-9H2,1-3H3,(H,17,18). The number of nitrogens with one attached hydrogen (secondary N) is 3. The Morgan fingerprint density at radius 1 is 1.32 bits per heavy atom. The lowest BCUT2D eigenvalue weighted by atomic mass is 10.1. The molecule has 0 spiro atoms. The lowest BCUT2D eigenvalue weighted by molar-refractivity contribution is 0.0636. The zero-order valence-corrected chi connectivity index (χ0v) is 11.6. The molecule has 1 saturated heterocycles. The van der Waals surface area contributed by atoms with Gasteiger partial charge in [-0.05, 0) is 39.0 Å². The van der Waals surface area contributed by atoms with Gasteiger partial charge in [-0.25, -0.2) is 4.79 Å². The van der Waals surface area contributed by atoms with E-state index >= 15 is 0 Å². The smallest absolute Gasteiger partial charge is 0.412 e. The summed E-state index contributed by atoms with van der Waals surface area (Å²) >= 11 is 0. The van der Waals surface area contributed by atoms with Crippen molar-refractivity contribution < 1.29 is 9.53 Å². The molecule has 1 amide bonds. The summed E-state index contributed by atoms with van der Waals surface area (Å²) in [5.74, 6) is 0. The molecule has 104 valence electrons. The largest absolute Gasteiger partial charge is 0.444 e. The van der Waals surface area contributed by atoms with Crippen molar-refractivity contribution in [2.45, 2.75) is 32.4 Å². The van der Waals surface area contributed by atoms with Crippen LogP contribution >= 0.6 is 0 Å². The van der Waals surface area contributed by atoms with Crippen LogP contribution in [-0.4, -0.2) is 30.8 Å². The highest BCUT2D eigenvalue weighted by atomic mass is 16.6. The SMILES string of the molecule is CC(C)(C)OC(=O)Nc1cccc(NC2CNC2)c1. The summed E-state index contributed by atoms with van der Waals surface area (Å²) in [7, 11) is 0. The lowest BCUT2D eigenvalue weighted by Crippen LogP contribution is -2.51. The van der Waals surface area contributed by atoms with Gasteiger partial charge in [0.25, 0.3) is 0 Å². The fourth-order valence-electron chi connectivity index (χ4n) is 1.73. The van der Waals surface area contributed by atoms with Gasteiger partial charge in [0, 0.05) is 24.5 Å². The average molecular weight is 263 g/mol. The summed E-state index contributed by atoms with van der Waals surface area (Å²) in [5.41, 5.74) is 1.24. The minimum atomic E-state index is -0.489. The third-order valence-corrected chi connectivity index (χ3v) is 2.66. The van der Waals surface area contributed by atoms with E-state index in [1.54, 1.807) is 0 Å². The number of benzene rings is 1. The number of hydrogen-bond donors (Lipinski definition) is 3. The molecule has 0 unspecified atom stereocenters. The van der Waals surface area contributed by atoms with Crippen LogP contribution < -0.4 is 16.0 Å².